The molecular weight excluding hydrogens is 138 g/mol. The fourth-order valence-electron chi connectivity index (χ4n) is 1.03. The Balaban J connectivity index is 0.000001000. The zero-order valence-electron chi connectivity index (χ0n) is 7.35. The Morgan fingerprint density at radius 1 is 1.18 bits per heavy atom. The molecule has 0 aliphatic carbocycles. The summed E-state index contributed by atoms with van der Waals surface area (Å²) in [6.45, 7) is 4.12. The summed E-state index contributed by atoms with van der Waals surface area (Å²) in [4.78, 5) is 0. The van der Waals surface area contributed by atoms with Gasteiger partial charge in [-0.05, 0) is 25.5 Å². The van der Waals surface area contributed by atoms with Gasteiger partial charge in [0.25, 0.3) is 0 Å². The van der Waals surface area contributed by atoms with Crippen molar-refractivity contribution in [2.45, 2.75) is 13.8 Å². The fraction of sp³-hybridized carbons (Fsp3) is 0.333. The van der Waals surface area contributed by atoms with Crippen LogP contribution in [0.1, 0.15) is 11.1 Å². The molecule has 0 bridgehead atoms. The Kier molecular flexibility index (Phi) is 3.61. The Morgan fingerprint density at radius 3 is 2.27 bits per heavy atom. The van der Waals surface area contributed by atoms with Crippen LogP contribution in [0.5, 0.6) is 5.75 Å². The minimum absolute atomic E-state index is 0. The molecule has 0 aromatic heterocycles. The average molecular weight is 153 g/mol. The summed E-state index contributed by atoms with van der Waals surface area (Å²) in [6.07, 6.45) is 0. The van der Waals surface area contributed by atoms with Crippen molar-refractivity contribution < 1.29 is 4.74 Å². The van der Waals surface area contributed by atoms with Crippen LogP contribution >= 0.6 is 0 Å². The number of rotatable bonds is 1. The maximum Gasteiger partial charge on any atom is 0.121 e. The van der Waals surface area contributed by atoms with Gasteiger partial charge in [0.1, 0.15) is 5.75 Å². The Hall–Kier alpha value is -1.02. The lowest BCUT2D eigenvalue weighted by molar-refractivity contribution is 0.411. The highest BCUT2D eigenvalue weighted by atomic mass is 16.5. The van der Waals surface area contributed by atoms with E-state index >= 15 is 0 Å². The molecule has 0 aliphatic heterocycles. The summed E-state index contributed by atoms with van der Waals surface area (Å²) >= 11 is 0. The van der Waals surface area contributed by atoms with E-state index in [4.69, 9.17) is 4.74 Å². The van der Waals surface area contributed by atoms with Gasteiger partial charge in [-0.2, -0.15) is 0 Å². The van der Waals surface area contributed by atoms with Crippen molar-refractivity contribution in [2.75, 3.05) is 7.11 Å². The molecule has 1 aromatic carbocycles. The molecule has 3 N–H and O–H groups in total. The van der Waals surface area contributed by atoms with Crippen LogP contribution in [0.25, 0.3) is 0 Å². The largest absolute Gasteiger partial charge is 0.496 e. The minimum atomic E-state index is 0. The van der Waals surface area contributed by atoms with Gasteiger partial charge in [0.2, 0.25) is 0 Å². The highest BCUT2D eigenvalue weighted by molar-refractivity contribution is 5.35. The number of hydrogen-bond acceptors (Lipinski definition) is 2. The van der Waals surface area contributed by atoms with Crippen molar-refractivity contribution in [1.82, 2.24) is 6.15 Å². The summed E-state index contributed by atoms with van der Waals surface area (Å²) in [7, 11) is 1.69. The fourth-order valence-corrected chi connectivity index (χ4v) is 1.03. The van der Waals surface area contributed by atoms with Gasteiger partial charge < -0.3 is 10.9 Å². The molecule has 0 atom stereocenters. The van der Waals surface area contributed by atoms with E-state index in [1.54, 1.807) is 7.11 Å². The van der Waals surface area contributed by atoms with Crippen molar-refractivity contribution >= 4 is 0 Å². The van der Waals surface area contributed by atoms with E-state index in [0.717, 1.165) is 5.75 Å². The lowest BCUT2D eigenvalue weighted by Crippen LogP contribution is -1.86. The molecule has 0 unspecified atom stereocenters. The molecule has 0 fully saturated rings. The monoisotopic (exact) mass is 153 g/mol. The zero-order chi connectivity index (χ0) is 7.56. The van der Waals surface area contributed by atoms with Crippen molar-refractivity contribution in [3.8, 4) is 5.75 Å². The number of aryl methyl sites for hydroxylation is 2. The quantitative estimate of drug-likeness (QED) is 0.673. The third-order valence-electron chi connectivity index (χ3n) is 1.55. The second-order valence-electron chi connectivity index (χ2n) is 2.47. The van der Waals surface area contributed by atoms with Crippen LogP contribution in [0, 0.1) is 13.8 Å². The maximum absolute atomic E-state index is 5.10. The van der Waals surface area contributed by atoms with Crippen LogP contribution in [0.15, 0.2) is 18.2 Å². The first-order chi connectivity index (χ1) is 4.74. The molecule has 0 spiro atoms. The van der Waals surface area contributed by atoms with Crippen LogP contribution in [-0.2, 0) is 0 Å². The molecule has 1 aromatic rings. The van der Waals surface area contributed by atoms with Crippen LogP contribution in [-0.4, -0.2) is 7.11 Å². The van der Waals surface area contributed by atoms with Gasteiger partial charge in [0.05, 0.1) is 7.11 Å². The Morgan fingerprint density at radius 2 is 1.82 bits per heavy atom. The predicted octanol–water partition coefficient (Wildman–Crippen LogP) is 2.47. The summed E-state index contributed by atoms with van der Waals surface area (Å²) in [6, 6.07) is 6.15. The first-order valence-electron chi connectivity index (χ1n) is 3.35. The molecular formula is C9H15NO. The van der Waals surface area contributed by atoms with E-state index < -0.39 is 0 Å². The van der Waals surface area contributed by atoms with E-state index in [9.17, 15) is 0 Å². The number of methoxy groups -OCH3 is 1. The lowest BCUT2D eigenvalue weighted by atomic mass is 10.1. The van der Waals surface area contributed by atoms with E-state index in [-0.39, 0.29) is 6.15 Å². The summed E-state index contributed by atoms with van der Waals surface area (Å²) in [5.74, 6) is 0.964. The second kappa shape index (κ2) is 3.98. The molecule has 2 heteroatoms. The van der Waals surface area contributed by atoms with E-state index in [1.165, 1.54) is 11.1 Å². The third kappa shape index (κ3) is 2.24. The average Bonchev–Trinajstić information content (AvgIpc) is 1.88. The van der Waals surface area contributed by atoms with E-state index in [0.29, 0.717) is 0 Å². The van der Waals surface area contributed by atoms with E-state index in [2.05, 4.69) is 13.0 Å². The molecule has 2 nitrogen and oxygen atoms in total. The van der Waals surface area contributed by atoms with Crippen molar-refractivity contribution in [3.05, 3.63) is 29.3 Å². The second-order valence-corrected chi connectivity index (χ2v) is 2.47. The molecule has 0 amide bonds. The normalized spacial score (nSPS) is 8.64. The molecule has 62 valence electrons. The molecule has 0 saturated heterocycles. The third-order valence-corrected chi connectivity index (χ3v) is 1.55. The zero-order valence-corrected chi connectivity index (χ0v) is 7.35. The van der Waals surface area contributed by atoms with Crippen molar-refractivity contribution in [3.63, 3.8) is 0 Å². The number of ether oxygens (including phenoxy) is 1. The topological polar surface area (TPSA) is 44.2 Å². The van der Waals surface area contributed by atoms with Gasteiger partial charge in [0.15, 0.2) is 0 Å². The molecule has 0 aliphatic rings. The van der Waals surface area contributed by atoms with Crippen LogP contribution in [0.2, 0.25) is 0 Å². The highest BCUT2D eigenvalue weighted by Crippen LogP contribution is 2.17. The smallest absolute Gasteiger partial charge is 0.121 e. The Labute approximate surface area is 67.8 Å². The predicted molar refractivity (Wildman–Crippen MR) is 47.5 cm³/mol. The lowest BCUT2D eigenvalue weighted by Gasteiger charge is -2.03. The SMILES string of the molecule is COc1ccc(C)cc1C.N. The van der Waals surface area contributed by atoms with Crippen LogP contribution in [0.4, 0.5) is 0 Å². The minimum Gasteiger partial charge on any atom is -0.496 e. The van der Waals surface area contributed by atoms with Gasteiger partial charge in [0, 0.05) is 0 Å². The van der Waals surface area contributed by atoms with E-state index in [1.807, 2.05) is 19.1 Å². The Bertz CT molecular complexity index is 233. The van der Waals surface area contributed by atoms with Crippen molar-refractivity contribution in [1.29, 1.82) is 0 Å². The summed E-state index contributed by atoms with van der Waals surface area (Å²) in [5, 5.41) is 0. The molecule has 0 heterocycles. The maximum atomic E-state index is 5.10. The molecule has 11 heavy (non-hydrogen) atoms. The number of hydrogen-bond donors (Lipinski definition) is 1. The molecule has 0 saturated carbocycles. The standard InChI is InChI=1S/C9H12O.H3N/c1-7-4-5-9(10-3)8(2)6-7;/h4-6H,1-3H3;1H3. The van der Waals surface area contributed by atoms with Gasteiger partial charge in [-0.25, -0.2) is 0 Å². The van der Waals surface area contributed by atoms with Gasteiger partial charge in [-0.15, -0.1) is 0 Å². The number of benzene rings is 1. The first kappa shape index (κ1) is 9.98. The molecule has 0 radical (unpaired) electrons. The summed E-state index contributed by atoms with van der Waals surface area (Å²) < 4.78 is 5.10. The van der Waals surface area contributed by atoms with Gasteiger partial charge >= 0.3 is 0 Å². The van der Waals surface area contributed by atoms with Gasteiger partial charge in [-0.3, -0.25) is 0 Å². The molecule has 1 rings (SSSR count). The summed E-state index contributed by atoms with van der Waals surface area (Å²) in [5.41, 5.74) is 2.47. The van der Waals surface area contributed by atoms with Crippen LogP contribution in [0.3, 0.4) is 0 Å². The highest BCUT2D eigenvalue weighted by Gasteiger charge is 1.94. The first-order valence-corrected chi connectivity index (χ1v) is 3.35. The van der Waals surface area contributed by atoms with Crippen LogP contribution < -0.4 is 10.9 Å². The van der Waals surface area contributed by atoms with Crippen molar-refractivity contribution in [2.24, 2.45) is 0 Å². The van der Waals surface area contributed by atoms with Gasteiger partial charge in [-0.1, -0.05) is 17.7 Å².